The first-order chi connectivity index (χ1) is 12.8. The van der Waals surface area contributed by atoms with Crippen LogP contribution in [-0.2, 0) is 12.8 Å². The van der Waals surface area contributed by atoms with Gasteiger partial charge in [-0.1, -0.05) is 48.5 Å². The minimum atomic E-state index is 0.721. The third-order valence-corrected chi connectivity index (χ3v) is 5.38. The van der Waals surface area contributed by atoms with Gasteiger partial charge in [-0.2, -0.15) is 0 Å². The number of benzene rings is 4. The van der Waals surface area contributed by atoms with Gasteiger partial charge in [-0.3, -0.25) is 0 Å². The summed E-state index contributed by atoms with van der Waals surface area (Å²) in [6.07, 6.45) is 4.05. The van der Waals surface area contributed by atoms with Gasteiger partial charge in [0.25, 0.3) is 0 Å². The third kappa shape index (κ3) is 2.96. The smallest absolute Gasteiger partial charge is 0.00741 e. The third-order valence-electron chi connectivity index (χ3n) is 5.38. The first-order valence-electron chi connectivity index (χ1n) is 9.58. The van der Waals surface area contributed by atoms with Crippen LogP contribution in [0.4, 0.5) is 0 Å². The Morgan fingerprint density at radius 2 is 0.962 bits per heavy atom. The molecule has 0 amide bonds. The van der Waals surface area contributed by atoms with Crippen LogP contribution in [0.5, 0.6) is 0 Å². The van der Waals surface area contributed by atoms with Crippen molar-refractivity contribution in [3.05, 3.63) is 71.8 Å². The number of hydrogen-bond acceptors (Lipinski definition) is 2. The van der Waals surface area contributed by atoms with Crippen molar-refractivity contribution in [1.82, 2.24) is 0 Å². The van der Waals surface area contributed by atoms with Crippen LogP contribution >= 0.6 is 0 Å². The van der Waals surface area contributed by atoms with Crippen LogP contribution in [-0.4, -0.2) is 13.1 Å². The molecule has 0 unspecified atom stereocenters. The molecule has 2 heteroatoms. The van der Waals surface area contributed by atoms with Gasteiger partial charge in [0.2, 0.25) is 0 Å². The second-order valence-corrected chi connectivity index (χ2v) is 7.03. The first-order valence-corrected chi connectivity index (χ1v) is 9.58. The molecule has 0 fully saturated rings. The molecular weight excluding hydrogens is 316 g/mol. The maximum absolute atomic E-state index is 5.84. The van der Waals surface area contributed by atoms with E-state index in [1.54, 1.807) is 0 Å². The van der Waals surface area contributed by atoms with Gasteiger partial charge in [-0.05, 0) is 94.3 Å². The fourth-order valence-electron chi connectivity index (χ4n) is 4.14. The van der Waals surface area contributed by atoms with Crippen molar-refractivity contribution in [3.8, 4) is 0 Å². The summed E-state index contributed by atoms with van der Waals surface area (Å²) in [5, 5.41) is 8.10. The van der Waals surface area contributed by atoms with E-state index in [1.807, 2.05) is 0 Å². The highest BCUT2D eigenvalue weighted by atomic mass is 14.5. The van der Waals surface area contributed by atoms with E-state index in [0.29, 0.717) is 0 Å². The molecule has 4 rings (SSSR count). The topological polar surface area (TPSA) is 52.0 Å². The van der Waals surface area contributed by atoms with Gasteiger partial charge in [0, 0.05) is 0 Å². The molecule has 4 aromatic carbocycles. The van der Waals surface area contributed by atoms with Crippen molar-refractivity contribution in [1.29, 1.82) is 0 Å². The first kappa shape index (κ1) is 17.0. The molecule has 0 bridgehead atoms. The van der Waals surface area contributed by atoms with Gasteiger partial charge >= 0.3 is 0 Å². The van der Waals surface area contributed by atoms with Crippen molar-refractivity contribution < 1.29 is 0 Å². The zero-order valence-electron chi connectivity index (χ0n) is 15.2. The van der Waals surface area contributed by atoms with Gasteiger partial charge in [-0.25, -0.2) is 0 Å². The van der Waals surface area contributed by atoms with Crippen molar-refractivity contribution in [2.24, 2.45) is 11.5 Å². The van der Waals surface area contributed by atoms with E-state index in [2.05, 4.69) is 60.7 Å². The standard InChI is InChI=1S/C24H26N2/c25-13-5-11-21-19-9-3-4-10-20(19)22(12-6-14-26)24-16-18-8-2-1-7-17(18)15-23(21)24/h1-4,7-10,15-16H,5-6,11-14,25-26H2. The summed E-state index contributed by atoms with van der Waals surface area (Å²) in [6, 6.07) is 22.2. The van der Waals surface area contributed by atoms with Gasteiger partial charge in [0.1, 0.15) is 0 Å². The van der Waals surface area contributed by atoms with Crippen LogP contribution < -0.4 is 11.5 Å². The summed E-state index contributed by atoms with van der Waals surface area (Å²) in [6.45, 7) is 1.44. The van der Waals surface area contributed by atoms with E-state index in [-0.39, 0.29) is 0 Å². The van der Waals surface area contributed by atoms with Gasteiger partial charge in [0.05, 0.1) is 0 Å². The van der Waals surface area contributed by atoms with Gasteiger partial charge in [-0.15, -0.1) is 0 Å². The lowest BCUT2D eigenvalue weighted by atomic mass is 9.87. The van der Waals surface area contributed by atoms with Crippen molar-refractivity contribution in [2.75, 3.05) is 13.1 Å². The average molecular weight is 342 g/mol. The Labute approximate surface area is 154 Å². The number of hydrogen-bond donors (Lipinski definition) is 2. The lowest BCUT2D eigenvalue weighted by Gasteiger charge is -2.18. The maximum Gasteiger partial charge on any atom is -0.00741 e. The van der Waals surface area contributed by atoms with E-state index in [4.69, 9.17) is 11.5 Å². The highest BCUT2D eigenvalue weighted by molar-refractivity contribution is 6.10. The molecule has 0 saturated heterocycles. The molecule has 0 heterocycles. The summed E-state index contributed by atoms with van der Waals surface area (Å²) in [5.41, 5.74) is 14.5. The SMILES string of the molecule is NCCCc1c2ccccc2c(CCCN)c2cc3ccccc3cc12. The lowest BCUT2D eigenvalue weighted by Crippen LogP contribution is -2.04. The largest absolute Gasteiger partial charge is 0.330 e. The monoisotopic (exact) mass is 342 g/mol. The van der Waals surface area contributed by atoms with Crippen molar-refractivity contribution in [2.45, 2.75) is 25.7 Å². The second-order valence-electron chi connectivity index (χ2n) is 7.03. The van der Waals surface area contributed by atoms with Gasteiger partial charge < -0.3 is 11.5 Å². The van der Waals surface area contributed by atoms with Crippen LogP contribution in [0, 0.1) is 0 Å². The van der Waals surface area contributed by atoms with Crippen LogP contribution in [0.3, 0.4) is 0 Å². The van der Waals surface area contributed by atoms with Gasteiger partial charge in [0.15, 0.2) is 0 Å². The molecule has 0 aliphatic heterocycles. The van der Waals surface area contributed by atoms with Crippen molar-refractivity contribution in [3.63, 3.8) is 0 Å². The number of nitrogens with two attached hydrogens (primary N) is 2. The number of aryl methyl sites for hydroxylation is 2. The van der Waals surface area contributed by atoms with E-state index in [1.165, 1.54) is 43.4 Å². The highest BCUT2D eigenvalue weighted by Crippen LogP contribution is 2.36. The molecule has 0 atom stereocenters. The Kier molecular flexibility index (Phi) is 4.87. The molecule has 0 aliphatic rings. The zero-order valence-corrected chi connectivity index (χ0v) is 15.2. The molecular formula is C24H26N2. The zero-order chi connectivity index (χ0) is 17.9. The Morgan fingerprint density at radius 3 is 1.38 bits per heavy atom. The molecule has 4 N–H and O–H groups in total. The minimum absolute atomic E-state index is 0.721. The summed E-state index contributed by atoms with van der Waals surface area (Å²) >= 11 is 0. The van der Waals surface area contributed by atoms with Crippen LogP contribution in [0.1, 0.15) is 24.0 Å². The fraction of sp³-hybridized carbons (Fsp3) is 0.250. The van der Waals surface area contributed by atoms with E-state index < -0.39 is 0 Å². The molecule has 26 heavy (non-hydrogen) atoms. The molecule has 0 aliphatic carbocycles. The molecule has 0 spiro atoms. The Bertz CT molecular complexity index is 980. The van der Waals surface area contributed by atoms with E-state index >= 15 is 0 Å². The summed E-state index contributed by atoms with van der Waals surface area (Å²) in [7, 11) is 0. The molecule has 0 saturated carbocycles. The lowest BCUT2D eigenvalue weighted by molar-refractivity contribution is 0.836. The number of fused-ring (bicyclic) bond motifs is 3. The quantitative estimate of drug-likeness (QED) is 0.488. The summed E-state index contributed by atoms with van der Waals surface area (Å²) in [5.74, 6) is 0. The maximum atomic E-state index is 5.84. The molecule has 0 radical (unpaired) electrons. The molecule has 0 aromatic heterocycles. The highest BCUT2D eigenvalue weighted by Gasteiger charge is 2.14. The normalized spacial score (nSPS) is 11.6. The molecule has 132 valence electrons. The van der Waals surface area contributed by atoms with E-state index in [9.17, 15) is 0 Å². The summed E-state index contributed by atoms with van der Waals surface area (Å²) in [4.78, 5) is 0. The van der Waals surface area contributed by atoms with Crippen molar-refractivity contribution >= 4 is 32.3 Å². The minimum Gasteiger partial charge on any atom is -0.330 e. The average Bonchev–Trinajstić information content (AvgIpc) is 2.69. The van der Waals surface area contributed by atoms with Crippen LogP contribution in [0.2, 0.25) is 0 Å². The van der Waals surface area contributed by atoms with E-state index in [0.717, 1.165) is 38.8 Å². The summed E-state index contributed by atoms with van der Waals surface area (Å²) < 4.78 is 0. The van der Waals surface area contributed by atoms with Crippen LogP contribution in [0.25, 0.3) is 32.3 Å². The number of rotatable bonds is 6. The fourth-order valence-corrected chi connectivity index (χ4v) is 4.14. The Hall–Kier alpha value is -2.42. The molecule has 2 nitrogen and oxygen atoms in total. The predicted molar refractivity (Wildman–Crippen MR) is 114 cm³/mol. The predicted octanol–water partition coefficient (Wildman–Crippen LogP) is 4.93. The molecule has 4 aromatic rings. The Balaban J connectivity index is 2.12. The Morgan fingerprint density at radius 1 is 0.538 bits per heavy atom. The van der Waals surface area contributed by atoms with Crippen LogP contribution in [0.15, 0.2) is 60.7 Å². The second kappa shape index (κ2) is 7.45.